The van der Waals surface area contributed by atoms with Crippen LogP contribution in [0, 0.1) is 17.1 Å². The van der Waals surface area contributed by atoms with E-state index in [2.05, 4.69) is 15.6 Å². The van der Waals surface area contributed by atoms with Crippen molar-refractivity contribution < 1.29 is 18.7 Å². The van der Waals surface area contributed by atoms with Gasteiger partial charge in [0.1, 0.15) is 28.6 Å². The average Bonchev–Trinajstić information content (AvgIpc) is 3.24. The minimum atomic E-state index is -0.408. The number of allylic oxidation sites excluding steroid dienone is 1. The number of carbonyl (C=O) groups is 2. The third kappa shape index (κ3) is 5.68. The van der Waals surface area contributed by atoms with Crippen molar-refractivity contribution in [3.8, 4) is 22.4 Å². The summed E-state index contributed by atoms with van der Waals surface area (Å²) in [4.78, 5) is 27.5. The van der Waals surface area contributed by atoms with E-state index in [1.54, 1.807) is 50.4 Å². The van der Waals surface area contributed by atoms with E-state index in [1.165, 1.54) is 17.4 Å². The Labute approximate surface area is 194 Å². The molecule has 1 amide bonds. The zero-order valence-corrected chi connectivity index (χ0v) is 19.0. The van der Waals surface area contributed by atoms with Crippen LogP contribution in [-0.2, 0) is 11.3 Å². The molecule has 0 atom stereocenters. The zero-order chi connectivity index (χ0) is 24.0. The molecule has 0 fully saturated rings. The number of nitrogens with one attached hydrogen (secondary N) is 2. The molecule has 1 aliphatic heterocycles. The van der Waals surface area contributed by atoms with Crippen molar-refractivity contribution in [3.63, 3.8) is 0 Å². The molecule has 0 spiro atoms. The number of fused-ring (bicyclic) bond motifs is 1. The molecule has 7 nitrogen and oxygen atoms in total. The molecule has 0 unspecified atom stereocenters. The van der Waals surface area contributed by atoms with E-state index in [4.69, 9.17) is 10.00 Å². The summed E-state index contributed by atoms with van der Waals surface area (Å²) in [6, 6.07) is 11.2. The second kappa shape index (κ2) is 10.6. The van der Waals surface area contributed by atoms with E-state index in [1.807, 2.05) is 13.1 Å². The third-order valence-electron chi connectivity index (χ3n) is 4.75. The van der Waals surface area contributed by atoms with Gasteiger partial charge in [0.2, 0.25) is 0 Å². The van der Waals surface area contributed by atoms with Crippen LogP contribution in [0.5, 0.6) is 5.75 Å². The topological polar surface area (TPSA) is 104 Å². The molecule has 168 valence electrons. The number of hydrogen-bond acceptors (Lipinski definition) is 7. The molecule has 0 bridgehead atoms. The van der Waals surface area contributed by atoms with Crippen LogP contribution in [0.1, 0.15) is 34.6 Å². The second-order valence-electron chi connectivity index (χ2n) is 7.08. The van der Waals surface area contributed by atoms with Crippen LogP contribution < -0.4 is 15.4 Å². The molecule has 1 aliphatic rings. The first-order valence-corrected chi connectivity index (χ1v) is 10.7. The highest BCUT2D eigenvalue weighted by Crippen LogP contribution is 2.31. The molecular weight excluding hydrogens is 443 g/mol. The number of carbonyl (C=O) groups excluding carboxylic acids is 2. The Morgan fingerprint density at radius 1 is 1.27 bits per heavy atom. The first-order valence-electron chi connectivity index (χ1n) is 9.91. The lowest BCUT2D eigenvalue weighted by Gasteiger charge is -2.07. The van der Waals surface area contributed by atoms with Gasteiger partial charge in [-0.15, -0.1) is 11.3 Å². The van der Waals surface area contributed by atoms with Gasteiger partial charge in [0.15, 0.2) is 0 Å². The average molecular weight is 465 g/mol. The van der Waals surface area contributed by atoms with Gasteiger partial charge in [0.05, 0.1) is 22.9 Å². The summed E-state index contributed by atoms with van der Waals surface area (Å²) in [5.41, 5.74) is 2.31. The SMILES string of the molecule is CC1=C(C)C(=O)Nc2cc(C=O)ccc2O1.CNCc1cnc(-c2ccc(C#N)cc2F)s1. The minimum Gasteiger partial charge on any atom is -0.459 e. The maximum absolute atomic E-state index is 13.7. The Kier molecular flexibility index (Phi) is 7.66. The number of amides is 1. The van der Waals surface area contributed by atoms with E-state index in [9.17, 15) is 14.0 Å². The van der Waals surface area contributed by atoms with Crippen molar-refractivity contribution in [2.75, 3.05) is 12.4 Å². The Hall–Kier alpha value is -3.87. The van der Waals surface area contributed by atoms with Crippen molar-refractivity contribution in [2.24, 2.45) is 0 Å². The first-order chi connectivity index (χ1) is 15.9. The molecule has 0 aliphatic carbocycles. The lowest BCUT2D eigenvalue weighted by Crippen LogP contribution is -2.12. The smallest absolute Gasteiger partial charge is 0.254 e. The summed E-state index contributed by atoms with van der Waals surface area (Å²) in [7, 11) is 1.85. The van der Waals surface area contributed by atoms with Crippen molar-refractivity contribution in [1.82, 2.24) is 10.3 Å². The molecule has 0 saturated heterocycles. The van der Waals surface area contributed by atoms with E-state index >= 15 is 0 Å². The molecule has 3 aromatic rings. The fraction of sp³-hybridized carbons (Fsp3) is 0.167. The molecule has 2 N–H and O–H groups in total. The summed E-state index contributed by atoms with van der Waals surface area (Å²) >= 11 is 1.44. The molecule has 33 heavy (non-hydrogen) atoms. The predicted octanol–water partition coefficient (Wildman–Crippen LogP) is 4.66. The van der Waals surface area contributed by atoms with E-state index in [0.29, 0.717) is 44.5 Å². The molecule has 0 radical (unpaired) electrons. The van der Waals surface area contributed by atoms with Gasteiger partial charge in [0.25, 0.3) is 5.91 Å². The fourth-order valence-electron chi connectivity index (χ4n) is 2.87. The first kappa shape index (κ1) is 23.8. The predicted molar refractivity (Wildman–Crippen MR) is 124 cm³/mol. The van der Waals surface area contributed by atoms with Gasteiger partial charge in [-0.2, -0.15) is 5.26 Å². The molecule has 9 heteroatoms. The Morgan fingerprint density at radius 2 is 2.06 bits per heavy atom. The van der Waals surface area contributed by atoms with Gasteiger partial charge in [-0.25, -0.2) is 9.37 Å². The van der Waals surface area contributed by atoms with E-state index in [-0.39, 0.29) is 5.91 Å². The van der Waals surface area contributed by atoms with Gasteiger partial charge in [-0.3, -0.25) is 9.59 Å². The molecule has 2 aromatic carbocycles. The second-order valence-corrected chi connectivity index (χ2v) is 8.19. The monoisotopic (exact) mass is 464 g/mol. The van der Waals surface area contributed by atoms with Gasteiger partial charge < -0.3 is 15.4 Å². The molecule has 0 saturated carbocycles. The maximum atomic E-state index is 13.7. The summed E-state index contributed by atoms with van der Waals surface area (Å²) in [5, 5.41) is 15.0. The van der Waals surface area contributed by atoms with Crippen LogP contribution in [0.2, 0.25) is 0 Å². The number of anilines is 1. The van der Waals surface area contributed by atoms with Crippen LogP contribution >= 0.6 is 11.3 Å². The number of rotatable bonds is 4. The van der Waals surface area contributed by atoms with Crippen molar-refractivity contribution >= 4 is 29.2 Å². The Morgan fingerprint density at radius 3 is 2.73 bits per heavy atom. The molecular formula is C24H21FN4O3S. The standard InChI is InChI=1S/C12H10FN3S.C12H11NO3/c1-15-6-9-7-16-12(17-9)10-3-2-8(5-14)4-11(10)13;1-7-8(2)16-11-4-3-9(6-14)5-10(11)13-12(7)15/h2-4,7,15H,6H2,1H3;3-6H,1-2H3,(H,13,15). The largest absolute Gasteiger partial charge is 0.459 e. The number of nitrogens with zero attached hydrogens (tertiary/aromatic N) is 2. The fourth-order valence-corrected chi connectivity index (χ4v) is 3.82. The van der Waals surface area contributed by atoms with Gasteiger partial charge in [-0.05, 0) is 57.3 Å². The maximum Gasteiger partial charge on any atom is 0.254 e. The summed E-state index contributed by atoms with van der Waals surface area (Å²) in [6.07, 6.45) is 2.46. The molecule has 1 aromatic heterocycles. The highest BCUT2D eigenvalue weighted by Gasteiger charge is 2.18. The molecule has 4 rings (SSSR count). The van der Waals surface area contributed by atoms with Crippen LogP contribution in [0.25, 0.3) is 10.6 Å². The number of hydrogen-bond donors (Lipinski definition) is 2. The number of thiazole rings is 1. The van der Waals surface area contributed by atoms with Gasteiger partial charge in [0, 0.05) is 28.7 Å². The van der Waals surface area contributed by atoms with Crippen molar-refractivity contribution in [2.45, 2.75) is 20.4 Å². The van der Waals surface area contributed by atoms with E-state index in [0.717, 1.165) is 17.7 Å². The number of aldehydes is 1. The summed E-state index contributed by atoms with van der Waals surface area (Å²) < 4.78 is 19.2. The number of aromatic nitrogens is 1. The number of halogens is 1. The van der Waals surface area contributed by atoms with Gasteiger partial charge >= 0.3 is 0 Å². The van der Waals surface area contributed by atoms with Crippen LogP contribution in [-0.4, -0.2) is 24.2 Å². The van der Waals surface area contributed by atoms with Crippen molar-refractivity contribution in [3.05, 3.63) is 75.7 Å². The normalized spacial score (nSPS) is 12.4. The van der Waals surface area contributed by atoms with Gasteiger partial charge in [-0.1, -0.05) is 0 Å². The zero-order valence-electron chi connectivity index (χ0n) is 18.2. The summed E-state index contributed by atoms with van der Waals surface area (Å²) in [5.74, 6) is 0.497. The minimum absolute atomic E-state index is 0.209. The van der Waals surface area contributed by atoms with Crippen LogP contribution in [0.3, 0.4) is 0 Å². The van der Waals surface area contributed by atoms with Crippen LogP contribution in [0.15, 0.2) is 53.9 Å². The Balaban J connectivity index is 0.000000186. The highest BCUT2D eigenvalue weighted by atomic mass is 32.1. The number of ether oxygens (including phenoxy) is 1. The van der Waals surface area contributed by atoms with Crippen molar-refractivity contribution in [1.29, 1.82) is 5.26 Å². The van der Waals surface area contributed by atoms with E-state index < -0.39 is 5.82 Å². The summed E-state index contributed by atoms with van der Waals surface area (Å²) in [6.45, 7) is 4.14. The number of benzene rings is 2. The number of nitriles is 1. The Bertz CT molecular complexity index is 1280. The highest BCUT2D eigenvalue weighted by molar-refractivity contribution is 7.15. The third-order valence-corrected chi connectivity index (χ3v) is 5.78. The molecule has 2 heterocycles. The lowest BCUT2D eigenvalue weighted by atomic mass is 10.1. The van der Waals surface area contributed by atoms with Crippen LogP contribution in [0.4, 0.5) is 10.1 Å². The lowest BCUT2D eigenvalue weighted by molar-refractivity contribution is -0.112. The quantitative estimate of drug-likeness (QED) is 0.544.